The van der Waals surface area contributed by atoms with Crippen molar-refractivity contribution in [2.75, 3.05) is 5.73 Å². The average molecular weight is 426 g/mol. The van der Waals surface area contributed by atoms with E-state index in [0.29, 0.717) is 28.1 Å². The molecule has 0 spiro atoms. The summed E-state index contributed by atoms with van der Waals surface area (Å²) in [6, 6.07) is 9.00. The van der Waals surface area contributed by atoms with Gasteiger partial charge >= 0.3 is 0 Å². The van der Waals surface area contributed by atoms with Gasteiger partial charge in [0.05, 0.1) is 10.0 Å². The lowest BCUT2D eigenvalue weighted by Crippen LogP contribution is -2.00. The molecule has 0 aliphatic heterocycles. The Bertz CT molecular complexity index is 620. The van der Waals surface area contributed by atoms with E-state index in [9.17, 15) is 0 Å². The molecule has 100 valence electrons. The molecule has 0 aliphatic rings. The number of hydrogen-bond donors (Lipinski definition) is 1. The van der Waals surface area contributed by atoms with Crippen molar-refractivity contribution in [3.8, 4) is 5.75 Å². The van der Waals surface area contributed by atoms with Gasteiger partial charge in [-0.15, -0.1) is 0 Å². The molecule has 19 heavy (non-hydrogen) atoms. The summed E-state index contributed by atoms with van der Waals surface area (Å²) in [4.78, 5) is 0. The summed E-state index contributed by atoms with van der Waals surface area (Å²) in [5.74, 6) is 0.525. The standard InChI is InChI=1S/C13H9Br2Cl2NO/c14-8-2-1-7(12(18)3-8)6-19-13-5-10(16)9(15)4-11(13)17/h1-5H,6,18H2. The predicted molar refractivity (Wildman–Crippen MR) is 87.0 cm³/mol. The fraction of sp³-hybridized carbons (Fsp3) is 0.0769. The summed E-state index contributed by atoms with van der Waals surface area (Å²) in [6.07, 6.45) is 0. The van der Waals surface area contributed by atoms with Gasteiger partial charge in [-0.1, -0.05) is 45.2 Å². The van der Waals surface area contributed by atoms with E-state index in [2.05, 4.69) is 31.9 Å². The highest BCUT2D eigenvalue weighted by Crippen LogP contribution is 2.34. The minimum Gasteiger partial charge on any atom is -0.487 e. The van der Waals surface area contributed by atoms with Crippen LogP contribution < -0.4 is 10.5 Å². The third kappa shape index (κ3) is 3.78. The summed E-state index contributed by atoms with van der Waals surface area (Å²) in [6.45, 7) is 0.330. The average Bonchev–Trinajstić information content (AvgIpc) is 2.34. The Labute approximate surface area is 138 Å². The maximum atomic E-state index is 6.08. The van der Waals surface area contributed by atoms with Crippen LogP contribution in [0.2, 0.25) is 10.0 Å². The fourth-order valence-electron chi connectivity index (χ4n) is 1.47. The first-order valence-electron chi connectivity index (χ1n) is 5.28. The molecule has 2 aromatic rings. The van der Waals surface area contributed by atoms with E-state index >= 15 is 0 Å². The van der Waals surface area contributed by atoms with E-state index in [1.165, 1.54) is 0 Å². The van der Waals surface area contributed by atoms with Crippen LogP contribution in [-0.4, -0.2) is 0 Å². The lowest BCUT2D eigenvalue weighted by molar-refractivity contribution is 0.307. The van der Waals surface area contributed by atoms with Crippen molar-refractivity contribution in [3.63, 3.8) is 0 Å². The Morgan fingerprint density at radius 2 is 1.79 bits per heavy atom. The lowest BCUT2D eigenvalue weighted by atomic mass is 10.2. The molecular weight excluding hydrogens is 417 g/mol. The molecule has 0 radical (unpaired) electrons. The second-order valence-electron chi connectivity index (χ2n) is 3.83. The lowest BCUT2D eigenvalue weighted by Gasteiger charge is -2.11. The molecule has 2 rings (SSSR count). The molecule has 0 atom stereocenters. The number of anilines is 1. The topological polar surface area (TPSA) is 35.2 Å². The molecule has 6 heteroatoms. The Balaban J connectivity index is 2.16. The van der Waals surface area contributed by atoms with Crippen molar-refractivity contribution < 1.29 is 4.74 Å². The van der Waals surface area contributed by atoms with Crippen LogP contribution in [0.25, 0.3) is 0 Å². The first-order valence-corrected chi connectivity index (χ1v) is 7.63. The van der Waals surface area contributed by atoms with E-state index in [-0.39, 0.29) is 0 Å². The van der Waals surface area contributed by atoms with Crippen LogP contribution in [0.15, 0.2) is 39.3 Å². The van der Waals surface area contributed by atoms with Crippen LogP contribution in [0.4, 0.5) is 5.69 Å². The Hall–Kier alpha value is -0.420. The number of nitrogen functional groups attached to an aromatic ring is 1. The molecule has 0 saturated carbocycles. The minimum atomic E-state index is 0.330. The van der Waals surface area contributed by atoms with Gasteiger partial charge in [-0.25, -0.2) is 0 Å². The molecule has 0 aromatic heterocycles. The van der Waals surface area contributed by atoms with Crippen molar-refractivity contribution in [3.05, 3.63) is 54.9 Å². The van der Waals surface area contributed by atoms with Crippen LogP contribution >= 0.6 is 55.1 Å². The molecule has 0 unspecified atom stereocenters. The second-order valence-corrected chi connectivity index (χ2v) is 6.41. The number of halogens is 4. The van der Waals surface area contributed by atoms with E-state index in [0.717, 1.165) is 14.5 Å². The van der Waals surface area contributed by atoms with E-state index in [1.54, 1.807) is 12.1 Å². The first-order chi connectivity index (χ1) is 8.97. The fourth-order valence-corrected chi connectivity index (χ4v) is 2.69. The van der Waals surface area contributed by atoms with Crippen LogP contribution in [0.3, 0.4) is 0 Å². The van der Waals surface area contributed by atoms with Gasteiger partial charge in [0.15, 0.2) is 0 Å². The molecule has 2 aromatic carbocycles. The van der Waals surface area contributed by atoms with E-state index in [4.69, 9.17) is 33.7 Å². The number of rotatable bonds is 3. The molecule has 0 aliphatic carbocycles. The highest BCUT2D eigenvalue weighted by Gasteiger charge is 2.08. The van der Waals surface area contributed by atoms with Gasteiger partial charge < -0.3 is 10.5 Å². The summed E-state index contributed by atoms with van der Waals surface area (Å²) in [7, 11) is 0. The summed E-state index contributed by atoms with van der Waals surface area (Å²) >= 11 is 18.7. The van der Waals surface area contributed by atoms with Crippen LogP contribution in [0.1, 0.15) is 5.56 Å². The van der Waals surface area contributed by atoms with Crippen molar-refractivity contribution in [1.82, 2.24) is 0 Å². The summed E-state index contributed by atoms with van der Waals surface area (Å²) in [5.41, 5.74) is 7.45. The number of benzene rings is 2. The van der Waals surface area contributed by atoms with E-state index in [1.807, 2.05) is 18.2 Å². The van der Waals surface area contributed by atoms with Gasteiger partial charge in [0.1, 0.15) is 12.4 Å². The third-order valence-electron chi connectivity index (χ3n) is 2.47. The van der Waals surface area contributed by atoms with Gasteiger partial charge in [0.25, 0.3) is 0 Å². The first kappa shape index (κ1) is 15.0. The highest BCUT2D eigenvalue weighted by molar-refractivity contribution is 9.10. The highest BCUT2D eigenvalue weighted by atomic mass is 79.9. The van der Waals surface area contributed by atoms with Gasteiger partial charge in [-0.3, -0.25) is 0 Å². The molecule has 0 bridgehead atoms. The summed E-state index contributed by atoms with van der Waals surface area (Å²) in [5, 5.41) is 1.04. The molecule has 2 nitrogen and oxygen atoms in total. The third-order valence-corrected chi connectivity index (χ3v) is 4.45. The Kier molecular flexibility index (Phi) is 5.01. The van der Waals surface area contributed by atoms with E-state index < -0.39 is 0 Å². The molecule has 0 fully saturated rings. The van der Waals surface area contributed by atoms with Crippen LogP contribution in [-0.2, 0) is 6.61 Å². The number of nitrogens with two attached hydrogens (primary N) is 1. The zero-order valence-corrected chi connectivity index (χ0v) is 14.3. The van der Waals surface area contributed by atoms with Crippen molar-refractivity contribution in [1.29, 1.82) is 0 Å². The molecule has 0 amide bonds. The minimum absolute atomic E-state index is 0.330. The normalized spacial score (nSPS) is 10.5. The van der Waals surface area contributed by atoms with Crippen LogP contribution in [0, 0.1) is 0 Å². The molecule has 2 N–H and O–H groups in total. The SMILES string of the molecule is Nc1cc(Br)ccc1COc1cc(Cl)c(Br)cc1Cl. The zero-order chi connectivity index (χ0) is 14.0. The molecule has 0 saturated heterocycles. The van der Waals surface area contributed by atoms with Gasteiger partial charge in [-0.05, 0) is 34.1 Å². The van der Waals surface area contributed by atoms with Gasteiger partial charge in [0.2, 0.25) is 0 Å². The zero-order valence-electron chi connectivity index (χ0n) is 9.59. The summed E-state index contributed by atoms with van der Waals surface area (Å²) < 4.78 is 7.31. The van der Waals surface area contributed by atoms with Gasteiger partial charge in [-0.2, -0.15) is 0 Å². The molecule has 0 heterocycles. The molecular formula is C13H9Br2Cl2NO. The largest absolute Gasteiger partial charge is 0.487 e. The number of hydrogen-bond acceptors (Lipinski definition) is 2. The maximum Gasteiger partial charge on any atom is 0.139 e. The van der Waals surface area contributed by atoms with Crippen LogP contribution in [0.5, 0.6) is 5.75 Å². The van der Waals surface area contributed by atoms with Gasteiger partial charge in [0, 0.05) is 26.3 Å². The van der Waals surface area contributed by atoms with Crippen molar-refractivity contribution in [2.45, 2.75) is 6.61 Å². The second kappa shape index (κ2) is 6.35. The Morgan fingerprint density at radius 3 is 2.47 bits per heavy atom. The Morgan fingerprint density at radius 1 is 1.05 bits per heavy atom. The smallest absolute Gasteiger partial charge is 0.139 e. The van der Waals surface area contributed by atoms with Crippen molar-refractivity contribution in [2.24, 2.45) is 0 Å². The maximum absolute atomic E-state index is 6.08. The predicted octanol–water partition coefficient (Wildman–Crippen LogP) is 5.68. The number of ether oxygens (including phenoxy) is 1. The monoisotopic (exact) mass is 423 g/mol. The quantitative estimate of drug-likeness (QED) is 0.507. The van der Waals surface area contributed by atoms with Crippen molar-refractivity contribution >= 4 is 60.7 Å².